The van der Waals surface area contributed by atoms with E-state index in [4.69, 9.17) is 4.42 Å². The van der Waals surface area contributed by atoms with Crippen LogP contribution in [0.1, 0.15) is 42.5 Å². The Bertz CT molecular complexity index is 913. The largest absolute Gasteiger partial charge is 0.422 e. The van der Waals surface area contributed by atoms with Gasteiger partial charge in [-0.05, 0) is 44.2 Å². The molecule has 1 heterocycles. The first-order chi connectivity index (χ1) is 12.0. The molecule has 1 aliphatic rings. The maximum absolute atomic E-state index is 12.2. The summed E-state index contributed by atoms with van der Waals surface area (Å²) in [5.41, 5.74) is 0.505. The first-order valence-electron chi connectivity index (χ1n) is 8.23. The molecule has 7 heteroatoms. The van der Waals surface area contributed by atoms with Gasteiger partial charge >= 0.3 is 5.63 Å². The van der Waals surface area contributed by atoms with Crippen molar-refractivity contribution < 1.29 is 14.1 Å². The number of allylic oxidation sites excluding steroid dienone is 1. The average molecular weight is 342 g/mol. The highest BCUT2D eigenvalue weighted by molar-refractivity contribution is 5.96. The lowest BCUT2D eigenvalue weighted by atomic mass is 9.97. The zero-order valence-corrected chi connectivity index (χ0v) is 13.6. The third kappa shape index (κ3) is 3.93. The monoisotopic (exact) mass is 342 g/mol. The molecule has 0 atom stereocenters. The molecular formula is C18H18N2O5. The second kappa shape index (κ2) is 7.29. The number of nitro groups is 1. The van der Waals surface area contributed by atoms with E-state index in [9.17, 15) is 19.7 Å². The average Bonchev–Trinajstić information content (AvgIpc) is 2.61. The van der Waals surface area contributed by atoms with E-state index in [1.807, 2.05) is 0 Å². The normalized spacial score (nSPS) is 14.2. The molecule has 3 rings (SSSR count). The summed E-state index contributed by atoms with van der Waals surface area (Å²) in [6.45, 7) is 0.442. The van der Waals surface area contributed by atoms with E-state index in [-0.39, 0.29) is 16.8 Å². The van der Waals surface area contributed by atoms with E-state index in [0.717, 1.165) is 19.3 Å². The highest BCUT2D eigenvalue weighted by atomic mass is 16.6. The van der Waals surface area contributed by atoms with Gasteiger partial charge in [-0.2, -0.15) is 0 Å². The van der Waals surface area contributed by atoms with Crippen molar-refractivity contribution in [2.75, 3.05) is 6.54 Å². The molecule has 1 amide bonds. The number of nitrogens with zero attached hydrogens (tertiary/aromatic N) is 1. The minimum atomic E-state index is -0.754. The van der Waals surface area contributed by atoms with Crippen molar-refractivity contribution in [3.8, 4) is 0 Å². The standard InChI is InChI=1S/C18H18N2O5/c21-17(19-9-8-12-4-2-1-3-5-12)15-11-13-10-14(20(23)24)6-7-16(13)25-18(15)22/h4,6-7,10-11H,1-3,5,8-9H2,(H,19,21). The van der Waals surface area contributed by atoms with Gasteiger partial charge in [0.05, 0.1) is 4.92 Å². The highest BCUT2D eigenvalue weighted by Crippen LogP contribution is 2.21. The third-order valence-electron chi connectivity index (χ3n) is 4.29. The lowest BCUT2D eigenvalue weighted by molar-refractivity contribution is -0.384. The Labute approximate surface area is 143 Å². The maximum atomic E-state index is 12.2. The fraction of sp³-hybridized carbons (Fsp3) is 0.333. The van der Waals surface area contributed by atoms with E-state index >= 15 is 0 Å². The van der Waals surface area contributed by atoms with E-state index < -0.39 is 16.5 Å². The van der Waals surface area contributed by atoms with Gasteiger partial charge in [-0.15, -0.1) is 0 Å². The SMILES string of the molecule is O=C(NCCC1=CCCCC1)c1cc2cc([N+](=O)[O-])ccc2oc1=O. The molecule has 0 saturated carbocycles. The molecule has 0 radical (unpaired) electrons. The predicted molar refractivity (Wildman–Crippen MR) is 92.6 cm³/mol. The van der Waals surface area contributed by atoms with Crippen LogP contribution in [-0.2, 0) is 0 Å². The zero-order valence-electron chi connectivity index (χ0n) is 13.6. The van der Waals surface area contributed by atoms with Gasteiger partial charge in [0.25, 0.3) is 11.6 Å². The summed E-state index contributed by atoms with van der Waals surface area (Å²) in [7, 11) is 0. The fourth-order valence-corrected chi connectivity index (χ4v) is 2.95. The number of nitro benzene ring substituents is 1. The Morgan fingerprint density at radius 3 is 2.84 bits per heavy atom. The minimum absolute atomic E-state index is 0.128. The van der Waals surface area contributed by atoms with Gasteiger partial charge in [0.1, 0.15) is 11.1 Å². The van der Waals surface area contributed by atoms with Crippen LogP contribution in [0.3, 0.4) is 0 Å². The van der Waals surface area contributed by atoms with Crippen LogP contribution in [0.15, 0.2) is 45.1 Å². The predicted octanol–water partition coefficient (Wildman–Crippen LogP) is 3.32. The number of carbonyl (C=O) groups excluding carboxylic acids is 1. The molecule has 25 heavy (non-hydrogen) atoms. The number of amides is 1. The summed E-state index contributed by atoms with van der Waals surface area (Å²) in [4.78, 5) is 34.5. The van der Waals surface area contributed by atoms with Crippen LogP contribution >= 0.6 is 0 Å². The highest BCUT2D eigenvalue weighted by Gasteiger charge is 2.15. The fourth-order valence-electron chi connectivity index (χ4n) is 2.95. The van der Waals surface area contributed by atoms with Crippen LogP contribution in [0, 0.1) is 10.1 Å². The summed E-state index contributed by atoms with van der Waals surface area (Å²) in [5, 5.41) is 13.9. The number of fused-ring (bicyclic) bond motifs is 1. The molecule has 0 aliphatic heterocycles. The van der Waals surface area contributed by atoms with Gasteiger partial charge in [0.15, 0.2) is 0 Å². The molecule has 1 aromatic carbocycles. The van der Waals surface area contributed by atoms with Crippen LogP contribution in [-0.4, -0.2) is 17.4 Å². The smallest absolute Gasteiger partial charge is 0.349 e. The number of carbonyl (C=O) groups is 1. The van der Waals surface area contributed by atoms with Gasteiger partial charge in [0.2, 0.25) is 0 Å². The summed E-state index contributed by atoms with van der Waals surface area (Å²) < 4.78 is 5.09. The van der Waals surface area contributed by atoms with Gasteiger partial charge < -0.3 is 9.73 Å². The van der Waals surface area contributed by atoms with Crippen molar-refractivity contribution in [2.24, 2.45) is 0 Å². The first-order valence-corrected chi connectivity index (χ1v) is 8.23. The molecule has 0 saturated heterocycles. The molecule has 130 valence electrons. The number of rotatable bonds is 5. The van der Waals surface area contributed by atoms with Crippen LogP contribution < -0.4 is 10.9 Å². The second-order valence-electron chi connectivity index (χ2n) is 6.04. The molecule has 0 spiro atoms. The van der Waals surface area contributed by atoms with Crippen molar-refractivity contribution in [2.45, 2.75) is 32.1 Å². The summed E-state index contributed by atoms with van der Waals surface area (Å²) in [5.74, 6) is -0.529. The number of nitrogens with one attached hydrogen (secondary N) is 1. The van der Waals surface area contributed by atoms with Crippen molar-refractivity contribution in [1.29, 1.82) is 0 Å². The van der Waals surface area contributed by atoms with E-state index in [1.54, 1.807) is 0 Å². The summed E-state index contributed by atoms with van der Waals surface area (Å²) in [6, 6.07) is 5.22. The third-order valence-corrected chi connectivity index (χ3v) is 4.29. The zero-order chi connectivity index (χ0) is 17.8. The van der Waals surface area contributed by atoms with Gasteiger partial charge in [0, 0.05) is 24.1 Å². The molecular weight excluding hydrogens is 324 g/mol. The molecule has 0 fully saturated rings. The molecule has 7 nitrogen and oxygen atoms in total. The molecule has 1 N–H and O–H groups in total. The van der Waals surface area contributed by atoms with Crippen LogP contribution in [0.5, 0.6) is 0 Å². The Morgan fingerprint density at radius 1 is 1.28 bits per heavy atom. The van der Waals surface area contributed by atoms with Crippen LogP contribution in [0.25, 0.3) is 11.0 Å². The molecule has 2 aromatic rings. The van der Waals surface area contributed by atoms with Crippen molar-refractivity contribution in [3.63, 3.8) is 0 Å². The number of benzene rings is 1. The van der Waals surface area contributed by atoms with Crippen LogP contribution in [0.2, 0.25) is 0 Å². The van der Waals surface area contributed by atoms with Crippen LogP contribution in [0.4, 0.5) is 5.69 Å². The van der Waals surface area contributed by atoms with Gasteiger partial charge in [-0.1, -0.05) is 11.6 Å². The molecule has 1 aromatic heterocycles. The van der Waals surface area contributed by atoms with Crippen molar-refractivity contribution in [3.05, 3.63) is 62.0 Å². The summed E-state index contributed by atoms with van der Waals surface area (Å²) in [6.07, 6.45) is 7.48. The Kier molecular flexibility index (Phi) is 4.92. The molecule has 1 aliphatic carbocycles. The topological polar surface area (TPSA) is 102 Å². The summed E-state index contributed by atoms with van der Waals surface area (Å²) >= 11 is 0. The number of non-ortho nitro benzene ring substituents is 1. The number of hydrogen-bond donors (Lipinski definition) is 1. The van der Waals surface area contributed by atoms with Gasteiger partial charge in [-0.3, -0.25) is 14.9 Å². The molecule has 0 bridgehead atoms. The van der Waals surface area contributed by atoms with E-state index in [0.29, 0.717) is 11.9 Å². The van der Waals surface area contributed by atoms with E-state index in [2.05, 4.69) is 11.4 Å². The second-order valence-corrected chi connectivity index (χ2v) is 6.04. The number of hydrogen-bond acceptors (Lipinski definition) is 5. The minimum Gasteiger partial charge on any atom is -0.422 e. The van der Waals surface area contributed by atoms with Gasteiger partial charge in [-0.25, -0.2) is 4.79 Å². The van der Waals surface area contributed by atoms with E-state index in [1.165, 1.54) is 42.7 Å². The Balaban J connectivity index is 1.75. The first kappa shape index (κ1) is 16.9. The van der Waals surface area contributed by atoms with Crippen molar-refractivity contribution in [1.82, 2.24) is 5.32 Å². The Morgan fingerprint density at radius 2 is 2.12 bits per heavy atom. The quantitative estimate of drug-likeness (QED) is 0.388. The lowest BCUT2D eigenvalue weighted by Gasteiger charge is -2.12. The Hall–Kier alpha value is -2.96. The lowest BCUT2D eigenvalue weighted by Crippen LogP contribution is -2.29. The van der Waals surface area contributed by atoms with Crippen molar-refractivity contribution >= 4 is 22.6 Å². The molecule has 0 unspecified atom stereocenters. The maximum Gasteiger partial charge on any atom is 0.349 e.